The molecular formula is C15H15N3O3. The van der Waals surface area contributed by atoms with Gasteiger partial charge in [-0.05, 0) is 31.9 Å². The fourth-order valence-corrected chi connectivity index (χ4v) is 2.58. The molecule has 1 aromatic heterocycles. The van der Waals surface area contributed by atoms with Crippen molar-refractivity contribution in [1.82, 2.24) is 5.16 Å². The lowest BCUT2D eigenvalue weighted by Crippen LogP contribution is -2.43. The number of amides is 2. The molecule has 0 saturated carbocycles. The molecule has 1 aromatic carbocycles. The minimum absolute atomic E-state index is 0.0419. The fourth-order valence-electron chi connectivity index (χ4n) is 2.58. The minimum Gasteiger partial charge on any atom is -0.360 e. The van der Waals surface area contributed by atoms with Crippen molar-refractivity contribution in [1.29, 1.82) is 0 Å². The summed E-state index contributed by atoms with van der Waals surface area (Å²) in [6, 6.07) is 9.13. The Morgan fingerprint density at radius 2 is 2.14 bits per heavy atom. The van der Waals surface area contributed by atoms with Crippen molar-refractivity contribution in [3.05, 3.63) is 41.7 Å². The van der Waals surface area contributed by atoms with Crippen LogP contribution in [0.15, 0.2) is 34.9 Å². The molecule has 2 aromatic rings. The molecule has 0 unspecified atom stereocenters. The van der Waals surface area contributed by atoms with Gasteiger partial charge in [0.25, 0.3) is 0 Å². The van der Waals surface area contributed by atoms with E-state index in [-0.39, 0.29) is 11.9 Å². The Morgan fingerprint density at radius 3 is 2.86 bits per heavy atom. The van der Waals surface area contributed by atoms with Gasteiger partial charge in [0.2, 0.25) is 0 Å². The number of nitrogens with one attached hydrogen (secondary N) is 1. The summed E-state index contributed by atoms with van der Waals surface area (Å²) in [5, 5.41) is 6.11. The third kappa shape index (κ3) is 2.40. The van der Waals surface area contributed by atoms with E-state index in [1.54, 1.807) is 13.0 Å². The summed E-state index contributed by atoms with van der Waals surface area (Å²) in [5.41, 5.74) is 1.87. The van der Waals surface area contributed by atoms with Gasteiger partial charge in [0, 0.05) is 17.8 Å². The highest BCUT2D eigenvalue weighted by Crippen LogP contribution is 2.31. The number of aryl methyl sites for hydroxylation is 1. The molecule has 3 rings (SSSR count). The quantitative estimate of drug-likeness (QED) is 0.812. The molecule has 0 radical (unpaired) electrons. The van der Waals surface area contributed by atoms with Gasteiger partial charge in [-0.3, -0.25) is 14.9 Å². The van der Waals surface area contributed by atoms with Crippen molar-refractivity contribution < 1.29 is 14.1 Å². The van der Waals surface area contributed by atoms with E-state index in [4.69, 9.17) is 4.52 Å². The Morgan fingerprint density at radius 1 is 1.38 bits per heavy atom. The van der Waals surface area contributed by atoms with Crippen LogP contribution in [-0.4, -0.2) is 23.0 Å². The average Bonchev–Trinajstić information content (AvgIpc) is 3.00. The summed E-state index contributed by atoms with van der Waals surface area (Å²) < 4.78 is 4.86. The molecule has 21 heavy (non-hydrogen) atoms. The van der Waals surface area contributed by atoms with Crippen LogP contribution in [0.2, 0.25) is 0 Å². The predicted octanol–water partition coefficient (Wildman–Crippen LogP) is 1.90. The monoisotopic (exact) mass is 285 g/mol. The van der Waals surface area contributed by atoms with E-state index in [2.05, 4.69) is 10.5 Å². The van der Waals surface area contributed by atoms with E-state index < -0.39 is 11.8 Å². The number of carbonyl (C=O) groups excluding carboxylic acids is 2. The topological polar surface area (TPSA) is 75.4 Å². The van der Waals surface area contributed by atoms with Crippen LogP contribution in [0.1, 0.15) is 18.2 Å². The van der Waals surface area contributed by atoms with E-state index in [0.717, 1.165) is 17.7 Å². The number of para-hydroxylation sites is 1. The molecule has 1 N–H and O–H groups in total. The van der Waals surface area contributed by atoms with Gasteiger partial charge < -0.3 is 9.42 Å². The smallest absolute Gasteiger partial charge is 0.316 e. The lowest BCUT2D eigenvalue weighted by molar-refractivity contribution is -0.134. The van der Waals surface area contributed by atoms with Crippen molar-refractivity contribution in [2.24, 2.45) is 0 Å². The van der Waals surface area contributed by atoms with Gasteiger partial charge in [-0.2, -0.15) is 0 Å². The number of rotatable bonds is 1. The summed E-state index contributed by atoms with van der Waals surface area (Å²) in [5.74, 6) is -0.497. The summed E-state index contributed by atoms with van der Waals surface area (Å²) in [6.07, 6.45) is 0.748. The highest BCUT2D eigenvalue weighted by molar-refractivity contribution is 6.44. The Bertz CT molecular complexity index is 708. The normalized spacial score (nSPS) is 16.7. The number of carbonyl (C=O) groups is 2. The van der Waals surface area contributed by atoms with Crippen LogP contribution < -0.4 is 10.2 Å². The predicted molar refractivity (Wildman–Crippen MR) is 77.0 cm³/mol. The van der Waals surface area contributed by atoms with Gasteiger partial charge in [0.15, 0.2) is 5.82 Å². The van der Waals surface area contributed by atoms with Crippen LogP contribution in [0.5, 0.6) is 0 Å². The van der Waals surface area contributed by atoms with E-state index in [1.165, 1.54) is 4.90 Å². The van der Waals surface area contributed by atoms with Gasteiger partial charge in [-0.25, -0.2) is 0 Å². The van der Waals surface area contributed by atoms with Crippen LogP contribution in [0.3, 0.4) is 0 Å². The lowest BCUT2D eigenvalue weighted by Gasteiger charge is -2.21. The Labute approximate surface area is 121 Å². The van der Waals surface area contributed by atoms with Crippen molar-refractivity contribution in [2.45, 2.75) is 26.3 Å². The molecule has 1 atom stereocenters. The summed E-state index contributed by atoms with van der Waals surface area (Å²) >= 11 is 0. The first kappa shape index (κ1) is 13.4. The molecule has 0 saturated heterocycles. The summed E-state index contributed by atoms with van der Waals surface area (Å²) in [7, 11) is 0. The number of benzene rings is 1. The molecule has 0 spiro atoms. The first-order valence-electron chi connectivity index (χ1n) is 6.72. The first-order valence-corrected chi connectivity index (χ1v) is 6.72. The summed E-state index contributed by atoms with van der Waals surface area (Å²) in [6.45, 7) is 3.63. The van der Waals surface area contributed by atoms with Crippen LogP contribution in [0.4, 0.5) is 11.5 Å². The SMILES string of the molecule is Cc1cc(NC(=O)C(=O)N2c3ccccc3C[C@@H]2C)no1. The number of fused-ring (bicyclic) bond motifs is 1. The molecule has 6 nitrogen and oxygen atoms in total. The standard InChI is InChI=1S/C15H15N3O3/c1-9-7-11-5-3-4-6-12(11)18(9)15(20)14(19)16-13-8-10(2)21-17-13/h3-6,8-9H,7H2,1-2H3,(H,16,17,19)/t9-/m0/s1. The minimum atomic E-state index is -0.716. The van der Waals surface area contributed by atoms with Crippen LogP contribution in [0, 0.1) is 6.92 Å². The Balaban J connectivity index is 1.80. The van der Waals surface area contributed by atoms with Crippen molar-refractivity contribution in [3.63, 3.8) is 0 Å². The average molecular weight is 285 g/mol. The van der Waals surface area contributed by atoms with Crippen LogP contribution in [0.25, 0.3) is 0 Å². The second kappa shape index (κ2) is 5.05. The molecule has 2 amide bonds. The third-order valence-corrected chi connectivity index (χ3v) is 3.49. The number of aromatic nitrogens is 1. The molecule has 0 bridgehead atoms. The zero-order valence-corrected chi connectivity index (χ0v) is 11.8. The van der Waals surface area contributed by atoms with Crippen molar-refractivity contribution in [2.75, 3.05) is 10.2 Å². The lowest BCUT2D eigenvalue weighted by atomic mass is 10.1. The fraction of sp³-hybridized carbons (Fsp3) is 0.267. The number of nitrogens with zero attached hydrogens (tertiary/aromatic N) is 2. The van der Waals surface area contributed by atoms with E-state index >= 15 is 0 Å². The van der Waals surface area contributed by atoms with Gasteiger partial charge in [0.05, 0.1) is 0 Å². The third-order valence-electron chi connectivity index (χ3n) is 3.49. The maximum absolute atomic E-state index is 12.4. The highest BCUT2D eigenvalue weighted by atomic mass is 16.5. The second-order valence-electron chi connectivity index (χ2n) is 5.13. The zero-order valence-electron chi connectivity index (χ0n) is 11.8. The van der Waals surface area contributed by atoms with Gasteiger partial charge in [0.1, 0.15) is 5.76 Å². The van der Waals surface area contributed by atoms with Crippen LogP contribution in [-0.2, 0) is 16.0 Å². The number of hydrogen-bond donors (Lipinski definition) is 1. The molecule has 2 heterocycles. The Hall–Kier alpha value is -2.63. The van der Waals surface area contributed by atoms with E-state index in [1.807, 2.05) is 31.2 Å². The van der Waals surface area contributed by atoms with Crippen molar-refractivity contribution >= 4 is 23.3 Å². The van der Waals surface area contributed by atoms with Crippen LogP contribution >= 0.6 is 0 Å². The largest absolute Gasteiger partial charge is 0.360 e. The zero-order chi connectivity index (χ0) is 15.0. The van der Waals surface area contributed by atoms with E-state index in [0.29, 0.717) is 5.76 Å². The summed E-state index contributed by atoms with van der Waals surface area (Å²) in [4.78, 5) is 26.0. The molecular weight excluding hydrogens is 270 g/mol. The Kier molecular flexibility index (Phi) is 3.21. The van der Waals surface area contributed by atoms with Gasteiger partial charge in [-0.15, -0.1) is 0 Å². The second-order valence-corrected chi connectivity index (χ2v) is 5.13. The van der Waals surface area contributed by atoms with Gasteiger partial charge in [-0.1, -0.05) is 23.4 Å². The van der Waals surface area contributed by atoms with Crippen molar-refractivity contribution in [3.8, 4) is 0 Å². The molecule has 1 aliphatic rings. The molecule has 6 heteroatoms. The van der Waals surface area contributed by atoms with E-state index in [9.17, 15) is 9.59 Å². The van der Waals surface area contributed by atoms with Gasteiger partial charge >= 0.3 is 11.8 Å². The molecule has 0 fully saturated rings. The maximum Gasteiger partial charge on any atom is 0.316 e. The number of hydrogen-bond acceptors (Lipinski definition) is 4. The maximum atomic E-state index is 12.4. The molecule has 1 aliphatic heterocycles. The molecule has 0 aliphatic carbocycles. The highest BCUT2D eigenvalue weighted by Gasteiger charge is 2.34. The molecule has 108 valence electrons. The number of anilines is 2. The first-order chi connectivity index (χ1) is 10.1.